The summed E-state index contributed by atoms with van der Waals surface area (Å²) in [4.78, 5) is 0. The highest BCUT2D eigenvalue weighted by Gasteiger charge is 2.11. The second kappa shape index (κ2) is 27.4. The molecule has 0 bridgehead atoms. The van der Waals surface area contributed by atoms with Crippen LogP contribution >= 0.6 is 22.6 Å². The number of halogens is 1. The average molecular weight is 835 g/mol. The molecule has 3 aromatic rings. The lowest BCUT2D eigenvalue weighted by molar-refractivity contribution is 0.294. The Morgan fingerprint density at radius 3 is 1.17 bits per heavy atom. The lowest BCUT2D eigenvalue weighted by atomic mass is 10.1. The van der Waals surface area contributed by atoms with Crippen molar-refractivity contribution in [1.29, 1.82) is 0 Å². The highest BCUT2D eigenvalue weighted by atomic mass is 127. The first kappa shape index (κ1) is 44.2. The van der Waals surface area contributed by atoms with Gasteiger partial charge in [0.2, 0.25) is 0 Å². The number of unbranched alkanes of at least 4 members (excludes halogenated alkanes) is 12. The Hall–Kier alpha value is -3.19. The summed E-state index contributed by atoms with van der Waals surface area (Å²) in [7, 11) is 0. The van der Waals surface area contributed by atoms with E-state index in [1.165, 1.54) is 77.0 Å². The van der Waals surface area contributed by atoms with Crippen LogP contribution in [-0.4, -0.2) is 26.4 Å². The van der Waals surface area contributed by atoms with Crippen molar-refractivity contribution in [2.75, 3.05) is 26.4 Å². The zero-order valence-electron chi connectivity index (χ0n) is 33.4. The molecule has 0 N–H and O–H groups in total. The van der Waals surface area contributed by atoms with Crippen LogP contribution in [0, 0.1) is 3.57 Å². The van der Waals surface area contributed by atoms with Crippen LogP contribution in [0.4, 0.5) is 0 Å². The monoisotopic (exact) mass is 834 g/mol. The van der Waals surface area contributed by atoms with Crippen molar-refractivity contribution in [3.8, 4) is 23.0 Å². The van der Waals surface area contributed by atoms with E-state index in [1.807, 2.05) is 6.08 Å². The van der Waals surface area contributed by atoms with Crippen LogP contribution in [0.25, 0.3) is 30.4 Å². The summed E-state index contributed by atoms with van der Waals surface area (Å²) in [6, 6.07) is 17.1. The zero-order chi connectivity index (χ0) is 37.9. The number of rotatable bonds is 29. The molecule has 290 valence electrons. The first-order chi connectivity index (χ1) is 26.0. The van der Waals surface area contributed by atoms with Crippen molar-refractivity contribution in [3.05, 3.63) is 86.5 Å². The Balaban J connectivity index is 1.78. The molecule has 3 aromatic carbocycles. The average Bonchev–Trinajstić information content (AvgIpc) is 3.17. The first-order valence-corrected chi connectivity index (χ1v) is 21.7. The van der Waals surface area contributed by atoms with Gasteiger partial charge in [0.05, 0.1) is 30.0 Å². The summed E-state index contributed by atoms with van der Waals surface area (Å²) in [6.45, 7) is 15.9. The summed E-state index contributed by atoms with van der Waals surface area (Å²) in [6.07, 6.45) is 29.3. The lowest BCUT2D eigenvalue weighted by Gasteiger charge is -2.15. The third-order valence-electron chi connectivity index (χ3n) is 9.30. The lowest BCUT2D eigenvalue weighted by Crippen LogP contribution is -2.02. The Bertz CT molecular complexity index is 1510. The molecule has 53 heavy (non-hydrogen) atoms. The number of hydrogen-bond acceptors (Lipinski definition) is 4. The van der Waals surface area contributed by atoms with Gasteiger partial charge in [-0.1, -0.05) is 166 Å². The number of hydrogen-bond donors (Lipinski definition) is 0. The summed E-state index contributed by atoms with van der Waals surface area (Å²) in [5, 5.41) is 0. The molecule has 0 radical (unpaired) electrons. The number of ether oxygens (including phenoxy) is 4. The largest absolute Gasteiger partial charge is 0.493 e. The minimum Gasteiger partial charge on any atom is -0.493 e. The van der Waals surface area contributed by atoms with Gasteiger partial charge in [-0.3, -0.25) is 0 Å². The minimum absolute atomic E-state index is 0.703. The van der Waals surface area contributed by atoms with Gasteiger partial charge in [0.25, 0.3) is 0 Å². The van der Waals surface area contributed by atoms with Gasteiger partial charge in [-0.05, 0) is 83.7 Å². The molecule has 0 aliphatic carbocycles. The molecule has 0 atom stereocenters. The molecule has 4 nitrogen and oxygen atoms in total. The van der Waals surface area contributed by atoms with Crippen LogP contribution in [0.1, 0.15) is 158 Å². The highest BCUT2D eigenvalue weighted by molar-refractivity contribution is 14.1. The van der Waals surface area contributed by atoms with E-state index in [4.69, 9.17) is 18.9 Å². The fourth-order valence-electron chi connectivity index (χ4n) is 5.98. The molecule has 0 unspecified atom stereocenters. The van der Waals surface area contributed by atoms with E-state index in [2.05, 4.69) is 130 Å². The summed E-state index contributed by atoms with van der Waals surface area (Å²) in [5.41, 5.74) is 5.28. The molecule has 0 spiro atoms. The fourth-order valence-corrected chi connectivity index (χ4v) is 6.58. The molecule has 0 heterocycles. The van der Waals surface area contributed by atoms with Crippen molar-refractivity contribution in [2.24, 2.45) is 0 Å². The van der Waals surface area contributed by atoms with E-state index in [1.54, 1.807) is 0 Å². The van der Waals surface area contributed by atoms with E-state index < -0.39 is 0 Å². The van der Waals surface area contributed by atoms with Crippen LogP contribution in [0.5, 0.6) is 23.0 Å². The molecule has 0 saturated carbocycles. The van der Waals surface area contributed by atoms with Gasteiger partial charge in [-0.15, -0.1) is 0 Å². The smallest absolute Gasteiger partial charge is 0.133 e. The van der Waals surface area contributed by atoms with E-state index in [9.17, 15) is 0 Å². The third kappa shape index (κ3) is 17.2. The van der Waals surface area contributed by atoms with Crippen molar-refractivity contribution < 1.29 is 18.9 Å². The van der Waals surface area contributed by atoms with Crippen LogP contribution in [0.15, 0.2) is 55.1 Å². The van der Waals surface area contributed by atoms with Gasteiger partial charge in [0, 0.05) is 16.7 Å². The van der Waals surface area contributed by atoms with Gasteiger partial charge in [0.15, 0.2) is 0 Å². The van der Waals surface area contributed by atoms with Crippen molar-refractivity contribution in [1.82, 2.24) is 0 Å². The molecule has 0 aliphatic heterocycles. The molecule has 0 aromatic heterocycles. The number of benzene rings is 3. The minimum atomic E-state index is 0.703. The predicted octanol–water partition coefficient (Wildman–Crippen LogP) is 15.1. The van der Waals surface area contributed by atoms with Crippen LogP contribution < -0.4 is 18.9 Å². The molecule has 0 saturated heterocycles. The molecule has 3 rings (SSSR count). The Morgan fingerprint density at radius 1 is 0.434 bits per heavy atom. The molecular formula is C48H67IO4. The van der Waals surface area contributed by atoms with Crippen LogP contribution in [0.3, 0.4) is 0 Å². The van der Waals surface area contributed by atoms with E-state index in [0.29, 0.717) is 13.2 Å². The van der Waals surface area contributed by atoms with Gasteiger partial charge in [-0.25, -0.2) is 0 Å². The van der Waals surface area contributed by atoms with Crippen LogP contribution in [-0.2, 0) is 0 Å². The highest BCUT2D eigenvalue weighted by Crippen LogP contribution is 2.34. The second-order valence-electron chi connectivity index (χ2n) is 13.9. The molecule has 0 amide bonds. The maximum Gasteiger partial charge on any atom is 0.133 e. The molecular weight excluding hydrogens is 767 g/mol. The Labute approximate surface area is 336 Å². The van der Waals surface area contributed by atoms with Gasteiger partial charge in [-0.2, -0.15) is 0 Å². The molecule has 0 aliphatic rings. The van der Waals surface area contributed by atoms with E-state index in [-0.39, 0.29) is 0 Å². The summed E-state index contributed by atoms with van der Waals surface area (Å²) in [5.74, 6) is 3.57. The van der Waals surface area contributed by atoms with Crippen LogP contribution in [0.2, 0.25) is 0 Å². The van der Waals surface area contributed by atoms with E-state index in [0.717, 1.165) is 93.3 Å². The summed E-state index contributed by atoms with van der Waals surface area (Å²) >= 11 is 2.37. The second-order valence-corrected chi connectivity index (χ2v) is 15.1. The maximum absolute atomic E-state index is 6.34. The normalized spacial score (nSPS) is 11.4. The van der Waals surface area contributed by atoms with Crippen molar-refractivity contribution in [2.45, 2.75) is 130 Å². The quantitative estimate of drug-likeness (QED) is 0.0397. The molecule has 0 fully saturated rings. The van der Waals surface area contributed by atoms with Gasteiger partial charge in [0.1, 0.15) is 23.0 Å². The van der Waals surface area contributed by atoms with Crippen molar-refractivity contribution in [3.63, 3.8) is 0 Å². The first-order valence-electron chi connectivity index (χ1n) is 20.6. The molecule has 5 heteroatoms. The zero-order valence-corrected chi connectivity index (χ0v) is 35.5. The summed E-state index contributed by atoms with van der Waals surface area (Å²) < 4.78 is 26.3. The van der Waals surface area contributed by atoms with Crippen molar-refractivity contribution >= 4 is 53.0 Å². The third-order valence-corrected chi connectivity index (χ3v) is 10.1. The van der Waals surface area contributed by atoms with Gasteiger partial charge >= 0.3 is 0 Å². The standard InChI is InChI=1S/C48H67IO4/c1-6-11-15-19-31-50-45-36-42(46(35-41(45)10-5)51-32-20-16-12-7-2)29-27-39-23-25-40(26-24-39)28-30-43-37-48(53-34-22-18-14-9-4)44(49)38-47(43)52-33-21-17-13-8-3/h10,23-30,35-38H,5-9,11-22,31-34H2,1-4H3/b29-27+,30-28+. The topological polar surface area (TPSA) is 36.9 Å². The fraction of sp³-hybridized carbons (Fsp3) is 0.500. The maximum atomic E-state index is 6.34. The van der Waals surface area contributed by atoms with E-state index >= 15 is 0 Å². The van der Waals surface area contributed by atoms with Gasteiger partial charge < -0.3 is 18.9 Å². The predicted molar refractivity (Wildman–Crippen MR) is 239 cm³/mol. The SMILES string of the molecule is C=Cc1cc(OCCCCCC)c(/C=C/c2ccc(/C=C/c3cc(OCCCCCC)c(I)cc3OCCCCCC)cc2)cc1OCCCCCC. The Morgan fingerprint density at radius 2 is 0.774 bits per heavy atom. The Kier molecular flexibility index (Phi) is 22.9.